The van der Waals surface area contributed by atoms with E-state index in [1.54, 1.807) is 14.2 Å². The second-order valence-corrected chi connectivity index (χ2v) is 6.92. The average Bonchev–Trinajstić information content (AvgIpc) is 2.93. The Bertz CT molecular complexity index is 788. The molecule has 0 bridgehead atoms. The van der Waals surface area contributed by atoms with Gasteiger partial charge in [0.25, 0.3) is 0 Å². The van der Waals surface area contributed by atoms with Crippen LogP contribution in [0.2, 0.25) is 0 Å². The van der Waals surface area contributed by atoms with Crippen LogP contribution in [0.25, 0.3) is 10.9 Å². The van der Waals surface area contributed by atoms with E-state index in [0.717, 1.165) is 74.3 Å². The first kappa shape index (κ1) is 17.4. The Kier molecular flexibility index (Phi) is 5.13. The molecule has 26 heavy (non-hydrogen) atoms. The lowest BCUT2D eigenvalue weighted by Crippen LogP contribution is -2.35. The molecule has 0 saturated carbocycles. The zero-order valence-electron chi connectivity index (χ0n) is 15.6. The fraction of sp³-hybridized carbons (Fsp3) is 0.550. The lowest BCUT2D eigenvalue weighted by molar-refractivity contribution is 0.146. The van der Waals surface area contributed by atoms with Crippen LogP contribution >= 0.6 is 0 Å². The van der Waals surface area contributed by atoms with Crippen LogP contribution in [-0.4, -0.2) is 51.5 Å². The normalized spacial score (nSPS) is 18.2. The van der Waals surface area contributed by atoms with Gasteiger partial charge in [0.2, 0.25) is 0 Å². The minimum absolute atomic E-state index is 0.475. The van der Waals surface area contributed by atoms with Gasteiger partial charge >= 0.3 is 0 Å². The van der Waals surface area contributed by atoms with Crippen molar-refractivity contribution in [2.75, 3.05) is 45.8 Å². The molecule has 2 aliphatic rings. The van der Waals surface area contributed by atoms with Crippen molar-refractivity contribution in [1.29, 1.82) is 0 Å². The predicted molar refractivity (Wildman–Crippen MR) is 103 cm³/mol. The van der Waals surface area contributed by atoms with Crippen LogP contribution in [-0.2, 0) is 17.6 Å². The molecule has 0 amide bonds. The molecule has 3 heterocycles. The van der Waals surface area contributed by atoms with Crippen LogP contribution in [0.15, 0.2) is 12.1 Å². The monoisotopic (exact) mass is 357 g/mol. The number of benzene rings is 1. The van der Waals surface area contributed by atoms with Gasteiger partial charge in [0.15, 0.2) is 11.5 Å². The van der Waals surface area contributed by atoms with E-state index in [1.807, 2.05) is 6.07 Å². The second-order valence-electron chi connectivity index (χ2n) is 6.92. The summed E-state index contributed by atoms with van der Waals surface area (Å²) in [6.45, 7) is 3.59. The highest BCUT2D eigenvalue weighted by Gasteiger charge is 2.22. The smallest absolute Gasteiger partial charge is 0.162 e. The van der Waals surface area contributed by atoms with Crippen molar-refractivity contribution in [2.24, 2.45) is 0 Å². The number of pyridine rings is 1. The number of ether oxygens (including phenoxy) is 3. The van der Waals surface area contributed by atoms with E-state index in [-0.39, 0.29) is 0 Å². The van der Waals surface area contributed by atoms with Crippen LogP contribution < -0.4 is 20.1 Å². The van der Waals surface area contributed by atoms with Gasteiger partial charge in [0.1, 0.15) is 0 Å². The third kappa shape index (κ3) is 3.31. The summed E-state index contributed by atoms with van der Waals surface area (Å²) in [7, 11) is 3.34. The zero-order valence-corrected chi connectivity index (χ0v) is 15.6. The Morgan fingerprint density at radius 3 is 2.58 bits per heavy atom. The Balaban J connectivity index is 1.86. The molecule has 0 spiro atoms. The van der Waals surface area contributed by atoms with E-state index in [4.69, 9.17) is 19.2 Å². The summed E-state index contributed by atoms with van der Waals surface area (Å²) in [4.78, 5) is 4.95. The van der Waals surface area contributed by atoms with Crippen molar-refractivity contribution in [2.45, 2.75) is 31.7 Å². The fourth-order valence-electron chi connectivity index (χ4n) is 3.94. The van der Waals surface area contributed by atoms with E-state index in [1.165, 1.54) is 11.3 Å². The Morgan fingerprint density at radius 1 is 1.08 bits per heavy atom. The first-order valence-corrected chi connectivity index (χ1v) is 9.42. The molecule has 0 unspecified atom stereocenters. The first-order valence-electron chi connectivity index (χ1n) is 9.42. The molecule has 2 aliphatic heterocycles. The summed E-state index contributed by atoms with van der Waals surface area (Å²) in [6, 6.07) is 4.51. The molecule has 140 valence electrons. The molecule has 0 radical (unpaired) electrons. The molecule has 1 aromatic carbocycles. The number of nitrogens with one attached hydrogen (secondary N) is 2. The minimum Gasteiger partial charge on any atom is -0.493 e. The standard InChI is InChI=1S/C20H27N3O3/c1-24-18-11-15-17(12-19(18)25-2)23-16-6-10-26-9-5-14(16)20(15)22-13-3-7-21-8-4-13/h11-13,21H,3-10H2,1-2H3,(H,22,23). The van der Waals surface area contributed by atoms with Gasteiger partial charge in [0.05, 0.1) is 33.0 Å². The van der Waals surface area contributed by atoms with Crippen molar-refractivity contribution in [3.05, 3.63) is 23.4 Å². The molecule has 0 atom stereocenters. The van der Waals surface area contributed by atoms with Gasteiger partial charge in [-0.1, -0.05) is 0 Å². The molecule has 4 rings (SSSR count). The number of nitrogens with zero attached hydrogens (tertiary/aromatic N) is 1. The Labute approximate surface area is 154 Å². The van der Waals surface area contributed by atoms with Gasteiger partial charge in [-0.25, -0.2) is 0 Å². The second kappa shape index (κ2) is 7.68. The van der Waals surface area contributed by atoms with Gasteiger partial charge in [-0.2, -0.15) is 0 Å². The highest BCUT2D eigenvalue weighted by atomic mass is 16.5. The maximum atomic E-state index is 5.71. The molecule has 1 fully saturated rings. The lowest BCUT2D eigenvalue weighted by atomic mass is 9.99. The van der Waals surface area contributed by atoms with Crippen molar-refractivity contribution in [3.63, 3.8) is 0 Å². The number of fused-ring (bicyclic) bond motifs is 2. The van der Waals surface area contributed by atoms with Gasteiger partial charge in [-0.15, -0.1) is 0 Å². The van der Waals surface area contributed by atoms with Crippen molar-refractivity contribution in [3.8, 4) is 11.5 Å². The summed E-state index contributed by atoms with van der Waals surface area (Å²) >= 11 is 0. The maximum absolute atomic E-state index is 5.71. The number of rotatable bonds is 4. The highest BCUT2D eigenvalue weighted by molar-refractivity contribution is 5.96. The van der Waals surface area contributed by atoms with Crippen molar-refractivity contribution >= 4 is 16.6 Å². The molecule has 1 saturated heterocycles. The highest BCUT2D eigenvalue weighted by Crippen LogP contribution is 2.38. The van der Waals surface area contributed by atoms with Gasteiger partial charge < -0.3 is 24.8 Å². The minimum atomic E-state index is 0.475. The zero-order chi connectivity index (χ0) is 17.9. The Morgan fingerprint density at radius 2 is 1.81 bits per heavy atom. The number of piperidine rings is 1. The van der Waals surface area contributed by atoms with Gasteiger partial charge in [0, 0.05) is 35.3 Å². The predicted octanol–water partition coefficient (Wildman–Crippen LogP) is 2.53. The Hall–Kier alpha value is -2.05. The van der Waals surface area contributed by atoms with Crippen molar-refractivity contribution < 1.29 is 14.2 Å². The van der Waals surface area contributed by atoms with Crippen LogP contribution in [0.1, 0.15) is 24.1 Å². The summed E-state index contributed by atoms with van der Waals surface area (Å²) in [6.07, 6.45) is 3.99. The first-order chi connectivity index (χ1) is 12.8. The molecule has 0 aliphatic carbocycles. The molecular formula is C20H27N3O3. The molecule has 1 aromatic heterocycles. The number of anilines is 1. The number of aromatic nitrogens is 1. The number of hydrogen-bond acceptors (Lipinski definition) is 6. The maximum Gasteiger partial charge on any atom is 0.162 e. The molecule has 2 aromatic rings. The molecule has 2 N–H and O–H groups in total. The number of methoxy groups -OCH3 is 2. The third-order valence-corrected chi connectivity index (χ3v) is 5.34. The van der Waals surface area contributed by atoms with Gasteiger partial charge in [-0.05, 0) is 44.0 Å². The summed E-state index contributed by atoms with van der Waals surface area (Å²) < 4.78 is 16.7. The SMILES string of the molecule is COc1cc2nc3c(c(NC4CCNCC4)c2cc1OC)CCOCC3. The van der Waals surface area contributed by atoms with Crippen molar-refractivity contribution in [1.82, 2.24) is 10.3 Å². The summed E-state index contributed by atoms with van der Waals surface area (Å²) in [5, 5.41) is 8.37. The topological polar surface area (TPSA) is 64.6 Å². The van der Waals surface area contributed by atoms with E-state index >= 15 is 0 Å². The lowest BCUT2D eigenvalue weighted by Gasteiger charge is -2.27. The van der Waals surface area contributed by atoms with E-state index in [0.29, 0.717) is 11.8 Å². The fourth-order valence-corrected chi connectivity index (χ4v) is 3.94. The van der Waals surface area contributed by atoms with E-state index in [2.05, 4.69) is 16.7 Å². The van der Waals surface area contributed by atoms with Gasteiger partial charge in [-0.3, -0.25) is 4.98 Å². The van der Waals surface area contributed by atoms with Crippen LogP contribution in [0.5, 0.6) is 11.5 Å². The van der Waals surface area contributed by atoms with E-state index in [9.17, 15) is 0 Å². The summed E-state index contributed by atoms with van der Waals surface area (Å²) in [5.41, 5.74) is 4.57. The van der Waals surface area contributed by atoms with Crippen LogP contribution in [0, 0.1) is 0 Å². The number of hydrogen-bond donors (Lipinski definition) is 2. The molecular weight excluding hydrogens is 330 g/mol. The van der Waals surface area contributed by atoms with Crippen LogP contribution in [0.3, 0.4) is 0 Å². The van der Waals surface area contributed by atoms with Crippen LogP contribution in [0.4, 0.5) is 5.69 Å². The largest absolute Gasteiger partial charge is 0.493 e. The quantitative estimate of drug-likeness (QED) is 0.877. The summed E-state index contributed by atoms with van der Waals surface area (Å²) in [5.74, 6) is 1.45. The van der Waals surface area contributed by atoms with E-state index < -0.39 is 0 Å². The molecule has 6 heteroatoms. The molecule has 6 nitrogen and oxygen atoms in total. The average molecular weight is 357 g/mol. The third-order valence-electron chi connectivity index (χ3n) is 5.34.